The van der Waals surface area contributed by atoms with Crippen molar-refractivity contribution in [3.05, 3.63) is 28.8 Å². The molecule has 16 heavy (non-hydrogen) atoms. The van der Waals surface area contributed by atoms with E-state index in [2.05, 4.69) is 0 Å². The van der Waals surface area contributed by atoms with E-state index in [0.717, 1.165) is 12.0 Å². The second-order valence-electron chi connectivity index (χ2n) is 4.77. The highest BCUT2D eigenvalue weighted by molar-refractivity contribution is 6.32. The monoisotopic (exact) mass is 240 g/mol. The lowest BCUT2D eigenvalue weighted by atomic mass is 9.90. The number of methoxy groups -OCH3 is 1. The number of aliphatic hydroxyl groups is 1. The summed E-state index contributed by atoms with van der Waals surface area (Å²) in [5, 5.41) is 11.0. The fourth-order valence-corrected chi connectivity index (χ4v) is 2.19. The molecule has 1 N–H and O–H groups in total. The van der Waals surface area contributed by atoms with Gasteiger partial charge in [0.1, 0.15) is 5.75 Å². The molecule has 1 aromatic rings. The zero-order valence-electron chi connectivity index (χ0n) is 9.66. The van der Waals surface area contributed by atoms with Gasteiger partial charge in [-0.2, -0.15) is 0 Å². The Morgan fingerprint density at radius 1 is 1.50 bits per heavy atom. The molecule has 88 valence electrons. The van der Waals surface area contributed by atoms with E-state index < -0.39 is 5.60 Å². The first-order chi connectivity index (χ1) is 7.53. The van der Waals surface area contributed by atoms with Crippen molar-refractivity contribution < 1.29 is 9.84 Å². The van der Waals surface area contributed by atoms with Gasteiger partial charge in [0.05, 0.1) is 17.7 Å². The molecular weight excluding hydrogens is 224 g/mol. The fraction of sp³-hybridized carbons (Fsp3) is 0.538. The van der Waals surface area contributed by atoms with E-state index in [4.69, 9.17) is 16.3 Å². The van der Waals surface area contributed by atoms with Crippen LogP contribution >= 0.6 is 11.6 Å². The average molecular weight is 241 g/mol. The van der Waals surface area contributed by atoms with Crippen LogP contribution in [0.5, 0.6) is 5.75 Å². The van der Waals surface area contributed by atoms with Gasteiger partial charge < -0.3 is 9.84 Å². The summed E-state index contributed by atoms with van der Waals surface area (Å²) < 4.78 is 5.16. The molecule has 1 aromatic carbocycles. The fourth-order valence-electron chi connectivity index (χ4n) is 2.00. The summed E-state index contributed by atoms with van der Waals surface area (Å²) in [6.07, 6.45) is 3.29. The van der Waals surface area contributed by atoms with E-state index in [0.29, 0.717) is 16.7 Å². The Bertz CT molecular complexity index is 384. The van der Waals surface area contributed by atoms with Gasteiger partial charge in [-0.15, -0.1) is 0 Å². The molecular formula is C13H17ClO2. The summed E-state index contributed by atoms with van der Waals surface area (Å²) in [6.45, 7) is 1.86. The van der Waals surface area contributed by atoms with Crippen molar-refractivity contribution in [2.45, 2.75) is 31.8 Å². The molecule has 2 rings (SSSR count). The van der Waals surface area contributed by atoms with Crippen molar-refractivity contribution in [1.82, 2.24) is 0 Å². The lowest BCUT2D eigenvalue weighted by Crippen LogP contribution is -2.21. The third-order valence-corrected chi connectivity index (χ3v) is 3.47. The number of ether oxygens (including phenoxy) is 1. The van der Waals surface area contributed by atoms with E-state index in [1.807, 2.05) is 19.1 Å². The zero-order valence-corrected chi connectivity index (χ0v) is 10.4. The molecule has 1 atom stereocenters. The molecule has 2 nitrogen and oxygen atoms in total. The van der Waals surface area contributed by atoms with Gasteiger partial charge in [0.25, 0.3) is 0 Å². The van der Waals surface area contributed by atoms with Gasteiger partial charge >= 0.3 is 0 Å². The van der Waals surface area contributed by atoms with Crippen LogP contribution in [0.15, 0.2) is 18.2 Å². The van der Waals surface area contributed by atoms with Crippen LogP contribution in [0.25, 0.3) is 0 Å². The van der Waals surface area contributed by atoms with Gasteiger partial charge in [0.15, 0.2) is 0 Å². The number of hydrogen-bond donors (Lipinski definition) is 1. The Morgan fingerprint density at radius 3 is 2.75 bits per heavy atom. The lowest BCUT2D eigenvalue weighted by Gasteiger charge is -2.24. The number of hydrogen-bond acceptors (Lipinski definition) is 2. The van der Waals surface area contributed by atoms with Crippen LogP contribution in [0, 0.1) is 5.92 Å². The molecule has 3 heteroatoms. The van der Waals surface area contributed by atoms with E-state index in [1.165, 1.54) is 12.8 Å². The van der Waals surface area contributed by atoms with Crippen LogP contribution in [0.1, 0.15) is 31.7 Å². The molecule has 0 radical (unpaired) electrons. The Kier molecular flexibility index (Phi) is 3.13. The SMILES string of the molecule is COc1cc(C(C)(O)CC2CC2)ccc1Cl. The van der Waals surface area contributed by atoms with Gasteiger partial charge in [-0.25, -0.2) is 0 Å². The molecule has 0 spiro atoms. The Morgan fingerprint density at radius 2 is 2.19 bits per heavy atom. The van der Waals surface area contributed by atoms with E-state index in [1.54, 1.807) is 13.2 Å². The summed E-state index contributed by atoms with van der Waals surface area (Å²) in [6, 6.07) is 5.47. The van der Waals surface area contributed by atoms with Crippen LogP contribution in [-0.4, -0.2) is 12.2 Å². The largest absolute Gasteiger partial charge is 0.495 e. The molecule has 0 aliphatic heterocycles. The minimum Gasteiger partial charge on any atom is -0.495 e. The molecule has 1 aliphatic carbocycles. The number of halogens is 1. The van der Waals surface area contributed by atoms with Crippen LogP contribution in [0.2, 0.25) is 5.02 Å². The van der Waals surface area contributed by atoms with Crippen LogP contribution < -0.4 is 4.74 Å². The summed E-state index contributed by atoms with van der Waals surface area (Å²) in [5.41, 5.74) is 0.0969. The maximum Gasteiger partial charge on any atom is 0.137 e. The molecule has 0 saturated heterocycles. The second kappa shape index (κ2) is 4.27. The first-order valence-electron chi connectivity index (χ1n) is 5.59. The summed E-state index contributed by atoms with van der Waals surface area (Å²) >= 11 is 5.96. The normalized spacial score (nSPS) is 19.2. The van der Waals surface area contributed by atoms with Crippen LogP contribution in [0.4, 0.5) is 0 Å². The van der Waals surface area contributed by atoms with Crippen LogP contribution in [0.3, 0.4) is 0 Å². The van der Waals surface area contributed by atoms with Crippen molar-refractivity contribution in [3.63, 3.8) is 0 Å². The molecule has 0 amide bonds. The Balaban J connectivity index is 2.24. The highest BCUT2D eigenvalue weighted by atomic mass is 35.5. The van der Waals surface area contributed by atoms with Gasteiger partial charge in [0.2, 0.25) is 0 Å². The van der Waals surface area contributed by atoms with E-state index in [-0.39, 0.29) is 0 Å². The van der Waals surface area contributed by atoms with E-state index in [9.17, 15) is 5.11 Å². The average Bonchev–Trinajstić information content (AvgIpc) is 3.01. The van der Waals surface area contributed by atoms with Crippen LogP contribution in [-0.2, 0) is 5.60 Å². The highest BCUT2D eigenvalue weighted by Gasteiger charge is 2.33. The van der Waals surface area contributed by atoms with Crippen molar-refractivity contribution in [1.29, 1.82) is 0 Å². The van der Waals surface area contributed by atoms with Gasteiger partial charge in [0, 0.05) is 0 Å². The van der Waals surface area contributed by atoms with Crippen molar-refractivity contribution in [3.8, 4) is 5.75 Å². The van der Waals surface area contributed by atoms with E-state index >= 15 is 0 Å². The summed E-state index contributed by atoms with van der Waals surface area (Å²) in [7, 11) is 1.58. The first-order valence-corrected chi connectivity index (χ1v) is 5.97. The Hall–Kier alpha value is -0.730. The predicted octanol–water partition coefficient (Wildman–Crippen LogP) is 3.36. The zero-order chi connectivity index (χ0) is 11.8. The number of benzene rings is 1. The smallest absolute Gasteiger partial charge is 0.137 e. The second-order valence-corrected chi connectivity index (χ2v) is 5.18. The third kappa shape index (κ3) is 2.50. The maximum absolute atomic E-state index is 10.4. The molecule has 0 heterocycles. The molecule has 1 aliphatic rings. The number of rotatable bonds is 4. The predicted molar refractivity (Wildman–Crippen MR) is 64.9 cm³/mol. The molecule has 1 saturated carbocycles. The summed E-state index contributed by atoms with van der Waals surface area (Å²) in [5.74, 6) is 1.30. The topological polar surface area (TPSA) is 29.5 Å². The molecule has 0 aromatic heterocycles. The van der Waals surface area contributed by atoms with Gasteiger partial charge in [-0.05, 0) is 37.0 Å². The lowest BCUT2D eigenvalue weighted by molar-refractivity contribution is 0.0415. The van der Waals surface area contributed by atoms with Crippen molar-refractivity contribution >= 4 is 11.6 Å². The quantitative estimate of drug-likeness (QED) is 0.875. The third-order valence-electron chi connectivity index (χ3n) is 3.16. The van der Waals surface area contributed by atoms with Crippen molar-refractivity contribution in [2.24, 2.45) is 5.92 Å². The first kappa shape index (κ1) is 11.7. The molecule has 0 bridgehead atoms. The van der Waals surface area contributed by atoms with Gasteiger partial charge in [-0.1, -0.05) is 30.5 Å². The standard InChI is InChI=1S/C13H17ClO2/c1-13(15,8-9-3-4-9)10-5-6-11(14)12(7-10)16-2/h5-7,9,15H,3-4,8H2,1-2H3. The van der Waals surface area contributed by atoms with Crippen molar-refractivity contribution in [2.75, 3.05) is 7.11 Å². The molecule has 1 fully saturated rings. The maximum atomic E-state index is 10.4. The Labute approximate surface area is 101 Å². The highest BCUT2D eigenvalue weighted by Crippen LogP contribution is 2.41. The molecule has 1 unspecified atom stereocenters. The summed E-state index contributed by atoms with van der Waals surface area (Å²) in [4.78, 5) is 0. The minimum absolute atomic E-state index is 0.577. The minimum atomic E-state index is -0.779. The van der Waals surface area contributed by atoms with Gasteiger partial charge in [-0.3, -0.25) is 0 Å².